The van der Waals surface area contributed by atoms with E-state index in [0.29, 0.717) is 26.1 Å². The molecule has 0 aromatic heterocycles. The number of alkyl halides is 2. The molecule has 2 aliphatic rings. The second-order valence-electron chi connectivity index (χ2n) is 6.30. The third-order valence-electron chi connectivity index (χ3n) is 4.81. The van der Waals surface area contributed by atoms with Crippen LogP contribution in [0.3, 0.4) is 0 Å². The number of carbonyl (C=O) groups is 1. The van der Waals surface area contributed by atoms with Gasteiger partial charge in [-0.2, -0.15) is 0 Å². The van der Waals surface area contributed by atoms with E-state index in [1.54, 1.807) is 0 Å². The second kappa shape index (κ2) is 5.84. The summed E-state index contributed by atoms with van der Waals surface area (Å²) in [5.74, 6) is -2.72. The maximum absolute atomic E-state index is 13.4. The van der Waals surface area contributed by atoms with Crippen molar-refractivity contribution in [2.45, 2.75) is 38.2 Å². The fourth-order valence-electron chi connectivity index (χ4n) is 3.75. The van der Waals surface area contributed by atoms with Gasteiger partial charge in [0.15, 0.2) is 0 Å². The van der Waals surface area contributed by atoms with E-state index in [0.717, 1.165) is 5.56 Å². The molecule has 2 saturated carbocycles. The topological polar surface area (TPSA) is 26.3 Å². The van der Waals surface area contributed by atoms with Crippen LogP contribution in [0.4, 0.5) is 8.78 Å². The van der Waals surface area contributed by atoms with Crippen LogP contribution in [0.5, 0.6) is 0 Å². The fraction of sp³-hybridized carbons (Fsp3) is 0.588. The van der Waals surface area contributed by atoms with Crippen LogP contribution in [0.25, 0.3) is 0 Å². The molecular formula is C17H20F2O2. The minimum absolute atomic E-state index is 0.0867. The number of rotatable bonds is 4. The summed E-state index contributed by atoms with van der Waals surface area (Å²) in [6.45, 7) is 0.832. The number of halogens is 2. The summed E-state index contributed by atoms with van der Waals surface area (Å²) in [5.41, 5.74) is 1.06. The average molecular weight is 294 g/mol. The molecule has 2 fully saturated rings. The zero-order chi connectivity index (χ0) is 14.9. The van der Waals surface area contributed by atoms with Crippen LogP contribution in [0.1, 0.15) is 31.2 Å². The average Bonchev–Trinajstić information content (AvgIpc) is 2.74. The van der Waals surface area contributed by atoms with Gasteiger partial charge in [-0.25, -0.2) is 8.78 Å². The van der Waals surface area contributed by atoms with Crippen molar-refractivity contribution in [2.75, 3.05) is 6.61 Å². The molecule has 4 heteroatoms. The molecule has 114 valence electrons. The Bertz CT molecular complexity index is 501. The number of ketones is 1. The monoisotopic (exact) mass is 294 g/mol. The Morgan fingerprint density at radius 2 is 2.00 bits per heavy atom. The number of Topliss-reactive ketones (excluding diaryl/α,β-unsaturated/α-hetero) is 1. The van der Waals surface area contributed by atoms with Crippen LogP contribution in [0.15, 0.2) is 30.3 Å². The summed E-state index contributed by atoms with van der Waals surface area (Å²) in [6, 6.07) is 9.77. The lowest BCUT2D eigenvalue weighted by Crippen LogP contribution is -2.33. The van der Waals surface area contributed by atoms with E-state index in [9.17, 15) is 13.6 Å². The molecule has 0 aliphatic heterocycles. The predicted molar refractivity (Wildman–Crippen MR) is 75.0 cm³/mol. The van der Waals surface area contributed by atoms with Crippen molar-refractivity contribution in [3.8, 4) is 0 Å². The third-order valence-corrected chi connectivity index (χ3v) is 4.81. The van der Waals surface area contributed by atoms with Crippen LogP contribution < -0.4 is 0 Å². The molecule has 1 aromatic carbocycles. The first-order valence-electron chi connectivity index (χ1n) is 7.57. The number of hydrogen-bond acceptors (Lipinski definition) is 2. The second-order valence-corrected chi connectivity index (χ2v) is 6.30. The van der Waals surface area contributed by atoms with Crippen molar-refractivity contribution in [1.29, 1.82) is 0 Å². The van der Waals surface area contributed by atoms with Crippen molar-refractivity contribution < 1.29 is 18.3 Å². The van der Waals surface area contributed by atoms with Gasteiger partial charge in [0.1, 0.15) is 5.78 Å². The van der Waals surface area contributed by atoms with E-state index in [4.69, 9.17) is 4.74 Å². The maximum atomic E-state index is 13.4. The lowest BCUT2D eigenvalue weighted by molar-refractivity contribution is -0.123. The van der Waals surface area contributed by atoms with Crippen molar-refractivity contribution in [3.63, 3.8) is 0 Å². The van der Waals surface area contributed by atoms with Crippen LogP contribution in [-0.4, -0.2) is 18.3 Å². The summed E-state index contributed by atoms with van der Waals surface area (Å²) < 4.78 is 32.5. The molecule has 21 heavy (non-hydrogen) atoms. The normalized spacial score (nSPS) is 31.1. The molecule has 2 aliphatic carbocycles. The van der Waals surface area contributed by atoms with Gasteiger partial charge in [-0.1, -0.05) is 30.3 Å². The van der Waals surface area contributed by atoms with Gasteiger partial charge in [0.2, 0.25) is 5.92 Å². The van der Waals surface area contributed by atoms with Gasteiger partial charge in [-0.05, 0) is 23.8 Å². The highest BCUT2D eigenvalue weighted by Gasteiger charge is 2.50. The number of benzene rings is 1. The molecule has 1 aromatic rings. The summed E-state index contributed by atoms with van der Waals surface area (Å²) >= 11 is 0. The molecular weight excluding hydrogens is 274 g/mol. The molecule has 3 atom stereocenters. The maximum Gasteiger partial charge on any atom is 0.248 e. The van der Waals surface area contributed by atoms with E-state index < -0.39 is 5.92 Å². The first-order valence-corrected chi connectivity index (χ1v) is 7.57. The molecule has 0 heterocycles. The highest BCUT2D eigenvalue weighted by atomic mass is 19.3. The summed E-state index contributed by atoms with van der Waals surface area (Å²) in [7, 11) is 0. The molecule has 0 spiro atoms. The van der Waals surface area contributed by atoms with E-state index in [2.05, 4.69) is 0 Å². The molecule has 0 radical (unpaired) electrons. The van der Waals surface area contributed by atoms with Crippen molar-refractivity contribution >= 4 is 5.78 Å². The first kappa shape index (κ1) is 14.6. The third kappa shape index (κ3) is 3.31. The number of ether oxygens (including phenoxy) is 1. The van der Waals surface area contributed by atoms with Gasteiger partial charge in [-0.3, -0.25) is 4.79 Å². The van der Waals surface area contributed by atoms with Gasteiger partial charge < -0.3 is 4.74 Å². The molecule has 0 bridgehead atoms. The van der Waals surface area contributed by atoms with Crippen molar-refractivity contribution in [2.24, 2.45) is 17.8 Å². The Kier molecular flexibility index (Phi) is 4.07. The van der Waals surface area contributed by atoms with Crippen LogP contribution >= 0.6 is 0 Å². The standard InChI is InChI=1S/C17H20F2O2/c18-17(19)7-6-14-13(9-17)8-16(20)15(14)11-21-10-12-4-2-1-3-5-12/h1-5,13-15H,6-11H2/t13-,14-,15+/m1/s1. The molecule has 0 unspecified atom stereocenters. The van der Waals surface area contributed by atoms with Crippen LogP contribution in [0, 0.1) is 17.8 Å². The van der Waals surface area contributed by atoms with Crippen LogP contribution in [0.2, 0.25) is 0 Å². The largest absolute Gasteiger partial charge is 0.376 e. The molecule has 3 rings (SSSR count). The van der Waals surface area contributed by atoms with Gasteiger partial charge >= 0.3 is 0 Å². The van der Waals surface area contributed by atoms with E-state index in [1.807, 2.05) is 30.3 Å². The zero-order valence-electron chi connectivity index (χ0n) is 11.9. The number of hydrogen-bond donors (Lipinski definition) is 0. The Labute approximate surface area is 123 Å². The quantitative estimate of drug-likeness (QED) is 0.843. The van der Waals surface area contributed by atoms with E-state index in [1.165, 1.54) is 0 Å². The van der Waals surface area contributed by atoms with Gasteiger partial charge in [0.05, 0.1) is 13.2 Å². The van der Waals surface area contributed by atoms with Crippen molar-refractivity contribution in [3.05, 3.63) is 35.9 Å². The smallest absolute Gasteiger partial charge is 0.248 e. The van der Waals surface area contributed by atoms with E-state index in [-0.39, 0.29) is 36.4 Å². The lowest BCUT2D eigenvalue weighted by atomic mass is 9.76. The SMILES string of the molecule is O=C1C[C@@H]2CC(F)(F)CC[C@H]2[C@@H]1COCc1ccccc1. The number of fused-ring (bicyclic) bond motifs is 1. The van der Waals surface area contributed by atoms with Crippen molar-refractivity contribution in [1.82, 2.24) is 0 Å². The summed E-state index contributed by atoms with van der Waals surface area (Å²) in [6.07, 6.45) is 0.539. The first-order chi connectivity index (χ1) is 10.1. The van der Waals surface area contributed by atoms with Crippen LogP contribution in [-0.2, 0) is 16.1 Å². The molecule has 0 N–H and O–H groups in total. The van der Waals surface area contributed by atoms with E-state index >= 15 is 0 Å². The molecule has 2 nitrogen and oxygen atoms in total. The van der Waals surface area contributed by atoms with Gasteiger partial charge in [0.25, 0.3) is 0 Å². The summed E-state index contributed by atoms with van der Waals surface area (Å²) in [4.78, 5) is 12.1. The Morgan fingerprint density at radius 1 is 1.24 bits per heavy atom. The molecule has 0 saturated heterocycles. The highest BCUT2D eigenvalue weighted by Crippen LogP contribution is 2.49. The Hall–Kier alpha value is -1.29. The Balaban J connectivity index is 1.55. The zero-order valence-corrected chi connectivity index (χ0v) is 11.9. The molecule has 0 amide bonds. The Morgan fingerprint density at radius 3 is 2.76 bits per heavy atom. The fourth-order valence-corrected chi connectivity index (χ4v) is 3.75. The van der Waals surface area contributed by atoms with Gasteiger partial charge in [0, 0.05) is 25.2 Å². The number of carbonyl (C=O) groups excluding carboxylic acids is 1. The predicted octanol–water partition coefficient (Wildman–Crippen LogP) is 3.84. The minimum atomic E-state index is -2.58. The summed E-state index contributed by atoms with van der Waals surface area (Å²) in [5, 5.41) is 0. The lowest BCUT2D eigenvalue weighted by Gasteiger charge is -2.33. The minimum Gasteiger partial charge on any atom is -0.376 e. The van der Waals surface area contributed by atoms with Gasteiger partial charge in [-0.15, -0.1) is 0 Å². The highest BCUT2D eigenvalue weighted by molar-refractivity contribution is 5.84.